The van der Waals surface area contributed by atoms with Gasteiger partial charge in [0.15, 0.2) is 21.4 Å². The van der Waals surface area contributed by atoms with Crippen molar-refractivity contribution in [1.82, 2.24) is 19.3 Å². The van der Waals surface area contributed by atoms with Gasteiger partial charge in [0.05, 0.1) is 16.8 Å². The van der Waals surface area contributed by atoms with E-state index in [-0.39, 0.29) is 18.1 Å². The Morgan fingerprint density at radius 2 is 1.66 bits per heavy atom. The minimum atomic E-state index is -6.06. The first-order chi connectivity index (χ1) is 29.5. The molecule has 324 valence electrons. The molecule has 0 bridgehead atoms. The molecule has 3 aromatic carbocycles. The Balaban J connectivity index is 1.10. The number of nitrogens with one attached hydrogen (secondary N) is 2. The molecular weight excluding hydrogens is 864 g/mol. The number of nitrogens with zero attached hydrogens (tertiary/aromatic N) is 5. The summed E-state index contributed by atoms with van der Waals surface area (Å²) in [6.45, 7) is 1.22. The predicted octanol–water partition coefficient (Wildman–Crippen LogP) is 7.02. The maximum absolute atomic E-state index is 14.1. The summed E-state index contributed by atoms with van der Waals surface area (Å²) in [4.78, 5) is 38.6. The molecule has 0 unspecified atom stereocenters. The van der Waals surface area contributed by atoms with E-state index in [4.69, 9.17) is 0 Å². The first-order valence-corrected chi connectivity index (χ1v) is 23.5. The summed E-state index contributed by atoms with van der Waals surface area (Å²) >= 11 is 1.43. The van der Waals surface area contributed by atoms with Crippen LogP contribution in [0.25, 0.3) is 5.65 Å². The van der Waals surface area contributed by atoms with Gasteiger partial charge in [0.2, 0.25) is 0 Å². The number of thioether (sulfide) groups is 1. The highest BCUT2D eigenvalue weighted by Gasteiger charge is 2.48. The molecule has 6 aromatic rings. The number of anilines is 3. The van der Waals surface area contributed by atoms with E-state index in [1.54, 1.807) is 28.8 Å². The van der Waals surface area contributed by atoms with E-state index < -0.39 is 58.2 Å². The zero-order chi connectivity index (χ0) is 44.2. The van der Waals surface area contributed by atoms with Crippen LogP contribution in [0.5, 0.6) is 0 Å². The average Bonchev–Trinajstić information content (AvgIpc) is 3.66. The minimum Gasteiger partial charge on any atom is -0.380 e. The summed E-state index contributed by atoms with van der Waals surface area (Å²) in [6, 6.07) is 26.6. The molecule has 0 spiro atoms. The van der Waals surface area contributed by atoms with Crippen LogP contribution in [0.1, 0.15) is 38.4 Å². The third-order valence-corrected chi connectivity index (χ3v) is 14.5. The molecule has 1 amide bonds. The molecule has 2 N–H and O–H groups in total. The van der Waals surface area contributed by atoms with Crippen LogP contribution in [0.3, 0.4) is 0 Å². The smallest absolute Gasteiger partial charge is 0.380 e. The van der Waals surface area contributed by atoms with Crippen LogP contribution < -0.4 is 15.5 Å². The maximum atomic E-state index is 14.1. The summed E-state index contributed by atoms with van der Waals surface area (Å²) < 4.78 is 97.5. The zero-order valence-corrected chi connectivity index (χ0v) is 36.0. The van der Waals surface area contributed by atoms with Crippen molar-refractivity contribution in [2.75, 3.05) is 54.2 Å². The van der Waals surface area contributed by atoms with Crippen molar-refractivity contribution < 1.29 is 39.6 Å². The Morgan fingerprint density at radius 3 is 2.40 bits per heavy atom. The van der Waals surface area contributed by atoms with E-state index in [0.717, 1.165) is 28.2 Å². The Kier molecular flexibility index (Phi) is 13.1. The van der Waals surface area contributed by atoms with Gasteiger partial charge in [-0.2, -0.15) is 13.2 Å². The fourth-order valence-electron chi connectivity index (χ4n) is 6.96. The second-order valence-electron chi connectivity index (χ2n) is 14.9. The molecule has 62 heavy (non-hydrogen) atoms. The highest BCUT2D eigenvalue weighted by atomic mass is 32.2. The minimum absolute atomic E-state index is 0.226. The lowest BCUT2D eigenvalue weighted by Gasteiger charge is -2.31. The number of carbonyl (C=O) groups is 2. The van der Waals surface area contributed by atoms with Gasteiger partial charge < -0.3 is 24.8 Å². The molecule has 0 aliphatic carbocycles. The second kappa shape index (κ2) is 18.3. The molecule has 7 rings (SSSR count). The van der Waals surface area contributed by atoms with Crippen LogP contribution in [-0.2, 0) is 32.6 Å². The van der Waals surface area contributed by atoms with E-state index in [1.165, 1.54) is 23.9 Å². The lowest BCUT2D eigenvalue weighted by Crippen LogP contribution is -2.33. The summed E-state index contributed by atoms with van der Waals surface area (Å²) in [5, 5.41) is 5.80. The Morgan fingerprint density at radius 1 is 0.903 bits per heavy atom. The first-order valence-electron chi connectivity index (χ1n) is 19.4. The number of sulfone groups is 2. The Hall–Kier alpha value is -5.76. The lowest BCUT2D eigenvalue weighted by atomic mass is 9.94. The number of amides is 1. The normalized spacial score (nSPS) is 13.8. The first kappa shape index (κ1) is 44.3. The fourth-order valence-corrected chi connectivity index (χ4v) is 10.2. The van der Waals surface area contributed by atoms with Crippen molar-refractivity contribution in [3.63, 3.8) is 0 Å². The summed E-state index contributed by atoms with van der Waals surface area (Å²) in [5.41, 5.74) is -3.62. The lowest BCUT2D eigenvalue weighted by molar-refractivity contribution is -0.0435. The largest absolute Gasteiger partial charge is 0.501 e. The van der Waals surface area contributed by atoms with Crippen LogP contribution in [0.4, 0.5) is 30.5 Å². The second-order valence-corrected chi connectivity index (χ2v) is 19.9. The van der Waals surface area contributed by atoms with E-state index in [2.05, 4.69) is 20.6 Å². The number of imidazole rings is 1. The molecule has 0 saturated carbocycles. The number of hydrogen-bond acceptors (Lipinski definition) is 12. The monoisotopic (exact) mass is 905 g/mol. The van der Waals surface area contributed by atoms with Gasteiger partial charge in [-0.25, -0.2) is 26.8 Å². The molecule has 1 aliphatic rings. The molecular formula is C43H42F3N7O6S3. The Bertz CT molecular complexity index is 2810. The quantitative estimate of drug-likeness (QED) is 0.0756. The van der Waals surface area contributed by atoms with Crippen molar-refractivity contribution in [2.45, 2.75) is 45.6 Å². The van der Waals surface area contributed by atoms with Crippen LogP contribution in [0, 0.1) is 0 Å². The van der Waals surface area contributed by atoms with E-state index in [0.29, 0.717) is 60.6 Å². The van der Waals surface area contributed by atoms with E-state index in [1.807, 2.05) is 84.7 Å². The third kappa shape index (κ3) is 10.1. The molecule has 0 radical (unpaired) electrons. The highest BCUT2D eigenvalue weighted by molar-refractivity contribution is 7.99. The zero-order valence-electron chi connectivity index (χ0n) is 33.5. The van der Waals surface area contributed by atoms with E-state index in [9.17, 15) is 39.6 Å². The number of Topliss-reactive ketones (excluding diaryl/α,β-unsaturated/α-hetero) is 1. The number of fused-ring (bicyclic) bond motifs is 2. The van der Waals surface area contributed by atoms with E-state index >= 15 is 0 Å². The number of benzene rings is 3. The average molecular weight is 906 g/mol. The van der Waals surface area contributed by atoms with Gasteiger partial charge in [0.25, 0.3) is 15.7 Å². The number of ketones is 1. The molecule has 0 saturated heterocycles. The van der Waals surface area contributed by atoms with Gasteiger partial charge in [0.1, 0.15) is 27.8 Å². The van der Waals surface area contributed by atoms with Crippen molar-refractivity contribution in [1.29, 1.82) is 0 Å². The van der Waals surface area contributed by atoms with Crippen LogP contribution in [0.15, 0.2) is 130 Å². The van der Waals surface area contributed by atoms with Crippen molar-refractivity contribution in [3.05, 3.63) is 138 Å². The van der Waals surface area contributed by atoms with Gasteiger partial charge in [-0.3, -0.25) is 9.59 Å². The number of aromatic nitrogens is 3. The topological polar surface area (TPSA) is 163 Å². The molecule has 1 aliphatic heterocycles. The number of rotatable bonds is 16. The van der Waals surface area contributed by atoms with Crippen LogP contribution in [-0.4, -0.2) is 98.0 Å². The molecule has 19 heteroatoms. The fraction of sp³-hybridized carbons (Fsp3) is 0.256. The molecule has 1 atom stereocenters. The van der Waals surface area contributed by atoms with Gasteiger partial charge in [0, 0.05) is 41.5 Å². The molecule has 0 fully saturated rings. The van der Waals surface area contributed by atoms with Gasteiger partial charge >= 0.3 is 5.51 Å². The molecule has 13 nitrogen and oxygen atoms in total. The number of hydrogen-bond donors (Lipinski definition) is 2. The number of pyridine rings is 2. The molecule has 3 aromatic heterocycles. The Labute approximate surface area is 361 Å². The third-order valence-electron chi connectivity index (χ3n) is 10.2. The van der Waals surface area contributed by atoms with Gasteiger partial charge in [-0.05, 0) is 105 Å². The van der Waals surface area contributed by atoms with Crippen LogP contribution >= 0.6 is 11.8 Å². The maximum Gasteiger partial charge on any atom is 0.501 e. The van der Waals surface area contributed by atoms with Gasteiger partial charge in [-0.15, -0.1) is 11.8 Å². The summed E-state index contributed by atoms with van der Waals surface area (Å²) in [6.07, 6.45) is 4.47. The number of halogens is 3. The highest BCUT2D eigenvalue weighted by Crippen LogP contribution is 2.37. The summed E-state index contributed by atoms with van der Waals surface area (Å²) in [7, 11) is -7.11. The van der Waals surface area contributed by atoms with Crippen molar-refractivity contribution in [2.24, 2.45) is 0 Å². The number of alkyl halides is 3. The predicted molar refractivity (Wildman–Crippen MR) is 232 cm³/mol. The van der Waals surface area contributed by atoms with Crippen molar-refractivity contribution in [3.8, 4) is 0 Å². The van der Waals surface area contributed by atoms with Crippen molar-refractivity contribution >= 4 is 66.1 Å². The standard InChI is InChI=1S/C43H42F3N7O6S3/c1-51(2)22-20-30(27-60-31-11-4-3-5-12-31)47-36-18-17-32(24-38(36)62(58,59)43(44,45)46)61(56,57)28-37(54)35-14-9-16-40(48-35)53-23-19-29-10-8-13-33(34(29)25-53)42(55)50-39-26-52-21-7-6-15-41(52)49-39/h3-18,21,24,26,30,47H,19-20,22-23,25,27-28H2,1-2H3,(H,50,55)/t30-/m1/s1. The van der Waals surface area contributed by atoms with Gasteiger partial charge in [-0.1, -0.05) is 42.5 Å². The summed E-state index contributed by atoms with van der Waals surface area (Å²) in [5.74, 6) is -1.46. The number of carbonyl (C=O) groups excluding carboxylic acids is 2. The van der Waals surface area contributed by atoms with Crippen LogP contribution in [0.2, 0.25) is 0 Å². The SMILES string of the molecule is CN(C)CC[C@H](CSc1ccccc1)Nc1ccc(S(=O)(=O)CC(=O)c2cccc(N3CCc4cccc(C(=O)Nc5cn6ccccc6n5)c4C3)n2)cc1S(=O)(=O)C(F)(F)F. The molecule has 4 heterocycles.